The van der Waals surface area contributed by atoms with Gasteiger partial charge in [-0.05, 0) is 29.1 Å². The Bertz CT molecular complexity index is 888. The van der Waals surface area contributed by atoms with Crippen LogP contribution in [0.2, 0.25) is 0 Å². The molecule has 0 aliphatic rings. The molecule has 0 aliphatic carbocycles. The van der Waals surface area contributed by atoms with Gasteiger partial charge in [0.1, 0.15) is 5.75 Å². The van der Waals surface area contributed by atoms with Gasteiger partial charge in [0.25, 0.3) is 0 Å². The molecule has 6 nitrogen and oxygen atoms in total. The first-order valence-electron chi connectivity index (χ1n) is 8.10. The Kier molecular flexibility index (Phi) is 4.88. The molecule has 0 spiro atoms. The maximum Gasteiger partial charge on any atom is 0.317 e. The standard InChI is InChI=1S/C19H22N4O2/c1-22(13-16-8-9-23(2)21-16)19(24)20-12-14-10-15-6-4-5-7-17(15)18(11-14)25-3/h4-11H,12-13H2,1-3H3,(H,20,24). The summed E-state index contributed by atoms with van der Waals surface area (Å²) < 4.78 is 7.19. The van der Waals surface area contributed by atoms with Gasteiger partial charge in [0.15, 0.2) is 0 Å². The van der Waals surface area contributed by atoms with Crippen molar-refractivity contribution in [3.63, 3.8) is 0 Å². The second kappa shape index (κ2) is 7.25. The van der Waals surface area contributed by atoms with Gasteiger partial charge in [0, 0.05) is 32.2 Å². The van der Waals surface area contributed by atoms with Gasteiger partial charge in [-0.3, -0.25) is 4.68 Å². The van der Waals surface area contributed by atoms with Gasteiger partial charge < -0.3 is 15.0 Å². The van der Waals surface area contributed by atoms with Gasteiger partial charge in [-0.1, -0.05) is 24.3 Å². The number of fused-ring (bicyclic) bond motifs is 1. The summed E-state index contributed by atoms with van der Waals surface area (Å²) in [5.41, 5.74) is 1.85. The minimum atomic E-state index is -0.141. The highest BCUT2D eigenvalue weighted by atomic mass is 16.5. The van der Waals surface area contributed by atoms with Crippen LogP contribution in [0.4, 0.5) is 4.79 Å². The number of nitrogens with one attached hydrogen (secondary N) is 1. The Balaban J connectivity index is 1.66. The number of hydrogen-bond donors (Lipinski definition) is 1. The summed E-state index contributed by atoms with van der Waals surface area (Å²) in [6.45, 7) is 0.903. The molecule has 2 amide bonds. The van der Waals surface area contributed by atoms with E-state index in [1.54, 1.807) is 23.7 Å². The predicted octanol–water partition coefficient (Wildman–Crippen LogP) is 2.92. The van der Waals surface area contributed by atoms with E-state index >= 15 is 0 Å². The molecule has 0 aliphatic heterocycles. The molecule has 0 atom stereocenters. The summed E-state index contributed by atoms with van der Waals surface area (Å²) in [7, 11) is 5.27. The van der Waals surface area contributed by atoms with Gasteiger partial charge in [-0.2, -0.15) is 5.10 Å². The molecule has 3 aromatic rings. The molecular weight excluding hydrogens is 316 g/mol. The lowest BCUT2D eigenvalue weighted by Crippen LogP contribution is -2.36. The number of aryl methyl sites for hydroxylation is 1. The average molecular weight is 338 g/mol. The van der Waals surface area contributed by atoms with E-state index in [1.807, 2.05) is 49.6 Å². The lowest BCUT2D eigenvalue weighted by molar-refractivity contribution is 0.206. The van der Waals surface area contributed by atoms with Crippen molar-refractivity contribution in [2.45, 2.75) is 13.1 Å². The first-order chi connectivity index (χ1) is 12.1. The maximum atomic E-state index is 12.3. The van der Waals surface area contributed by atoms with Crippen LogP contribution in [0.25, 0.3) is 10.8 Å². The number of carbonyl (C=O) groups excluding carboxylic acids is 1. The normalized spacial score (nSPS) is 10.7. The molecule has 0 bridgehead atoms. The Morgan fingerprint density at radius 1 is 1.28 bits per heavy atom. The summed E-state index contributed by atoms with van der Waals surface area (Å²) in [4.78, 5) is 13.9. The van der Waals surface area contributed by atoms with E-state index in [-0.39, 0.29) is 6.03 Å². The van der Waals surface area contributed by atoms with E-state index in [2.05, 4.69) is 16.5 Å². The molecule has 0 radical (unpaired) electrons. The van der Waals surface area contributed by atoms with Gasteiger partial charge >= 0.3 is 6.03 Å². The van der Waals surface area contributed by atoms with E-state index in [4.69, 9.17) is 4.74 Å². The Morgan fingerprint density at radius 2 is 2.08 bits per heavy atom. The van der Waals surface area contributed by atoms with Crippen LogP contribution in [0, 0.1) is 0 Å². The summed E-state index contributed by atoms with van der Waals surface area (Å²) in [6, 6.07) is 13.8. The lowest BCUT2D eigenvalue weighted by atomic mass is 10.1. The van der Waals surface area contributed by atoms with Crippen molar-refractivity contribution in [1.82, 2.24) is 20.0 Å². The number of benzene rings is 2. The first kappa shape index (κ1) is 16.8. The summed E-state index contributed by atoms with van der Waals surface area (Å²) >= 11 is 0. The third-order valence-electron chi connectivity index (χ3n) is 4.06. The second-order valence-corrected chi connectivity index (χ2v) is 6.01. The third kappa shape index (κ3) is 3.91. The maximum absolute atomic E-state index is 12.3. The van der Waals surface area contributed by atoms with Crippen LogP contribution < -0.4 is 10.1 Å². The fourth-order valence-corrected chi connectivity index (χ4v) is 2.78. The number of rotatable bonds is 5. The molecule has 25 heavy (non-hydrogen) atoms. The zero-order valence-electron chi connectivity index (χ0n) is 14.7. The van der Waals surface area contributed by atoms with E-state index < -0.39 is 0 Å². The minimum absolute atomic E-state index is 0.141. The van der Waals surface area contributed by atoms with Crippen molar-refractivity contribution in [3.05, 3.63) is 59.9 Å². The van der Waals surface area contributed by atoms with Gasteiger partial charge in [0.05, 0.1) is 19.3 Å². The number of ether oxygens (including phenoxy) is 1. The van der Waals surface area contributed by atoms with E-state index in [9.17, 15) is 4.79 Å². The molecular formula is C19H22N4O2. The highest BCUT2D eigenvalue weighted by Gasteiger charge is 2.11. The molecule has 2 aromatic carbocycles. The molecule has 1 N–H and O–H groups in total. The van der Waals surface area contributed by atoms with Crippen LogP contribution in [-0.2, 0) is 20.1 Å². The van der Waals surface area contributed by atoms with Gasteiger partial charge in [0.2, 0.25) is 0 Å². The molecule has 0 unspecified atom stereocenters. The quantitative estimate of drug-likeness (QED) is 0.778. The van der Waals surface area contributed by atoms with Crippen LogP contribution in [-0.4, -0.2) is 34.9 Å². The zero-order valence-corrected chi connectivity index (χ0v) is 14.7. The van der Waals surface area contributed by atoms with Crippen molar-refractivity contribution in [3.8, 4) is 5.75 Å². The van der Waals surface area contributed by atoms with E-state index in [0.717, 1.165) is 27.8 Å². The number of nitrogens with zero attached hydrogens (tertiary/aromatic N) is 3. The highest BCUT2D eigenvalue weighted by molar-refractivity contribution is 5.89. The number of urea groups is 1. The van der Waals surface area contributed by atoms with Crippen molar-refractivity contribution < 1.29 is 9.53 Å². The van der Waals surface area contributed by atoms with Crippen molar-refractivity contribution in [1.29, 1.82) is 0 Å². The summed E-state index contributed by atoms with van der Waals surface area (Å²) in [5, 5.41) is 9.38. The molecule has 0 fully saturated rings. The van der Waals surface area contributed by atoms with E-state index in [0.29, 0.717) is 13.1 Å². The number of carbonyl (C=O) groups is 1. The fourth-order valence-electron chi connectivity index (χ4n) is 2.78. The summed E-state index contributed by atoms with van der Waals surface area (Å²) in [5.74, 6) is 0.809. The minimum Gasteiger partial charge on any atom is -0.496 e. The van der Waals surface area contributed by atoms with Crippen molar-refractivity contribution in [2.75, 3.05) is 14.2 Å². The molecule has 0 saturated heterocycles. The largest absolute Gasteiger partial charge is 0.496 e. The molecule has 3 rings (SSSR count). The molecule has 1 heterocycles. The smallest absolute Gasteiger partial charge is 0.317 e. The SMILES string of the molecule is COc1cc(CNC(=O)N(C)Cc2ccn(C)n2)cc2ccccc12. The van der Waals surface area contributed by atoms with Crippen molar-refractivity contribution in [2.24, 2.45) is 7.05 Å². The van der Waals surface area contributed by atoms with Crippen molar-refractivity contribution >= 4 is 16.8 Å². The van der Waals surface area contributed by atoms with Gasteiger partial charge in [-0.25, -0.2) is 4.79 Å². The highest BCUT2D eigenvalue weighted by Crippen LogP contribution is 2.27. The Labute approximate surface area is 147 Å². The van der Waals surface area contributed by atoms with Gasteiger partial charge in [-0.15, -0.1) is 0 Å². The van der Waals surface area contributed by atoms with Crippen LogP contribution in [0.15, 0.2) is 48.7 Å². The number of aromatic nitrogens is 2. The zero-order chi connectivity index (χ0) is 17.8. The summed E-state index contributed by atoms with van der Waals surface area (Å²) in [6.07, 6.45) is 1.86. The molecule has 1 aromatic heterocycles. The number of methoxy groups -OCH3 is 1. The van der Waals surface area contributed by atoms with E-state index in [1.165, 1.54) is 0 Å². The van der Waals surface area contributed by atoms with Crippen LogP contribution in [0.3, 0.4) is 0 Å². The number of amides is 2. The fraction of sp³-hybridized carbons (Fsp3) is 0.263. The Morgan fingerprint density at radius 3 is 2.80 bits per heavy atom. The topological polar surface area (TPSA) is 59.4 Å². The monoisotopic (exact) mass is 338 g/mol. The third-order valence-corrected chi connectivity index (χ3v) is 4.06. The molecule has 0 saturated carbocycles. The first-order valence-corrected chi connectivity index (χ1v) is 8.10. The molecule has 6 heteroatoms. The lowest BCUT2D eigenvalue weighted by Gasteiger charge is -2.17. The van der Waals surface area contributed by atoms with Crippen LogP contribution in [0.5, 0.6) is 5.75 Å². The van der Waals surface area contributed by atoms with Crippen LogP contribution >= 0.6 is 0 Å². The average Bonchev–Trinajstić information content (AvgIpc) is 3.03. The van der Waals surface area contributed by atoms with Crippen LogP contribution in [0.1, 0.15) is 11.3 Å². The Hall–Kier alpha value is -3.02. The second-order valence-electron chi connectivity index (χ2n) is 6.01. The molecule has 130 valence electrons. The predicted molar refractivity (Wildman–Crippen MR) is 97.4 cm³/mol. The number of hydrogen-bond acceptors (Lipinski definition) is 3.